The van der Waals surface area contributed by atoms with E-state index in [1.165, 1.54) is 0 Å². The van der Waals surface area contributed by atoms with E-state index in [4.69, 9.17) is 16.7 Å². The van der Waals surface area contributed by atoms with Crippen LogP contribution in [0.2, 0.25) is 4.34 Å². The lowest BCUT2D eigenvalue weighted by Crippen LogP contribution is -2.24. The van der Waals surface area contributed by atoms with E-state index >= 15 is 0 Å². The molecule has 0 radical (unpaired) electrons. The summed E-state index contributed by atoms with van der Waals surface area (Å²) in [6.07, 6.45) is 1.50. The standard InChI is InChI=1S/C11H18ClNO3S2/c1-8(7-14)4-3-5-13-18(15,16)10-6-9(2)11(12)17-10/h6,8,13-14H,3-5,7H2,1-2H3. The number of halogens is 1. The zero-order valence-electron chi connectivity index (χ0n) is 10.4. The van der Waals surface area contributed by atoms with Crippen LogP contribution in [-0.4, -0.2) is 26.7 Å². The lowest BCUT2D eigenvalue weighted by molar-refractivity contribution is 0.228. The van der Waals surface area contributed by atoms with Crippen molar-refractivity contribution >= 4 is 33.0 Å². The Kier molecular flexibility index (Phi) is 6.07. The molecule has 0 saturated carbocycles. The molecule has 1 aromatic heterocycles. The van der Waals surface area contributed by atoms with Crippen molar-refractivity contribution in [3.63, 3.8) is 0 Å². The number of rotatable bonds is 7. The second-order valence-corrected chi connectivity index (χ2v) is 8.00. The maximum absolute atomic E-state index is 11.9. The number of sulfonamides is 1. The van der Waals surface area contributed by atoms with Crippen molar-refractivity contribution in [2.24, 2.45) is 5.92 Å². The smallest absolute Gasteiger partial charge is 0.250 e. The molecule has 4 nitrogen and oxygen atoms in total. The summed E-state index contributed by atoms with van der Waals surface area (Å²) in [5.41, 5.74) is 0.774. The van der Waals surface area contributed by atoms with Gasteiger partial charge in [-0.2, -0.15) is 0 Å². The van der Waals surface area contributed by atoms with Crippen molar-refractivity contribution in [3.8, 4) is 0 Å². The fraction of sp³-hybridized carbons (Fsp3) is 0.636. The molecule has 0 spiro atoms. The predicted octanol–water partition coefficient (Wildman–Crippen LogP) is 2.40. The van der Waals surface area contributed by atoms with E-state index in [9.17, 15) is 8.42 Å². The second-order valence-electron chi connectivity index (χ2n) is 4.35. The topological polar surface area (TPSA) is 66.4 Å². The molecule has 0 saturated heterocycles. The van der Waals surface area contributed by atoms with Gasteiger partial charge < -0.3 is 5.11 Å². The summed E-state index contributed by atoms with van der Waals surface area (Å²) in [4.78, 5) is 0. The van der Waals surface area contributed by atoms with Gasteiger partial charge in [-0.25, -0.2) is 13.1 Å². The van der Waals surface area contributed by atoms with Crippen molar-refractivity contribution in [1.29, 1.82) is 0 Å². The summed E-state index contributed by atoms with van der Waals surface area (Å²) in [7, 11) is -3.45. The fourth-order valence-corrected chi connectivity index (χ4v) is 4.21. The van der Waals surface area contributed by atoms with Gasteiger partial charge in [0, 0.05) is 13.2 Å². The second kappa shape index (κ2) is 6.86. The Bertz CT molecular complexity index is 465. The predicted molar refractivity (Wildman–Crippen MR) is 74.7 cm³/mol. The monoisotopic (exact) mass is 311 g/mol. The summed E-state index contributed by atoms with van der Waals surface area (Å²) >= 11 is 6.92. The minimum Gasteiger partial charge on any atom is -0.396 e. The third-order valence-electron chi connectivity index (χ3n) is 2.58. The summed E-state index contributed by atoms with van der Waals surface area (Å²) < 4.78 is 27.1. The third-order valence-corrected chi connectivity index (χ3v) is 6.07. The molecule has 18 heavy (non-hydrogen) atoms. The molecule has 0 bridgehead atoms. The van der Waals surface area contributed by atoms with E-state index in [2.05, 4.69) is 4.72 Å². The highest BCUT2D eigenvalue weighted by molar-refractivity contribution is 7.91. The minimum atomic E-state index is -3.45. The van der Waals surface area contributed by atoms with Crippen molar-refractivity contribution in [2.45, 2.75) is 30.9 Å². The highest BCUT2D eigenvalue weighted by Crippen LogP contribution is 2.29. The zero-order chi connectivity index (χ0) is 13.8. The van der Waals surface area contributed by atoms with Gasteiger partial charge in [0.2, 0.25) is 10.0 Å². The Morgan fingerprint density at radius 3 is 2.72 bits per heavy atom. The van der Waals surface area contributed by atoms with E-state index in [0.29, 0.717) is 17.3 Å². The minimum absolute atomic E-state index is 0.131. The normalized spacial score (nSPS) is 13.8. The first-order chi connectivity index (χ1) is 8.36. The molecule has 1 atom stereocenters. The van der Waals surface area contributed by atoms with Crippen LogP contribution in [0, 0.1) is 12.8 Å². The van der Waals surface area contributed by atoms with Crippen LogP contribution in [0.15, 0.2) is 10.3 Å². The van der Waals surface area contributed by atoms with E-state index in [1.807, 2.05) is 6.92 Å². The van der Waals surface area contributed by atoms with Crippen LogP contribution < -0.4 is 4.72 Å². The molecular formula is C11H18ClNO3S2. The molecule has 0 aliphatic heterocycles. The Labute approximate surface area is 117 Å². The molecule has 0 fully saturated rings. The molecule has 1 unspecified atom stereocenters. The van der Waals surface area contributed by atoms with Crippen LogP contribution in [-0.2, 0) is 10.0 Å². The third kappa shape index (κ3) is 4.51. The maximum Gasteiger partial charge on any atom is 0.250 e. The number of aryl methyl sites for hydroxylation is 1. The molecular weight excluding hydrogens is 294 g/mol. The first-order valence-electron chi connectivity index (χ1n) is 5.73. The van der Waals surface area contributed by atoms with Gasteiger partial charge in [-0.05, 0) is 37.3 Å². The van der Waals surface area contributed by atoms with Gasteiger partial charge in [0.25, 0.3) is 0 Å². The number of aliphatic hydroxyl groups is 1. The number of hydrogen-bond donors (Lipinski definition) is 2. The average molecular weight is 312 g/mol. The molecule has 1 rings (SSSR count). The Morgan fingerprint density at radius 1 is 1.56 bits per heavy atom. The molecule has 0 aliphatic carbocycles. The van der Waals surface area contributed by atoms with Crippen LogP contribution in [0.3, 0.4) is 0 Å². The number of hydrogen-bond acceptors (Lipinski definition) is 4. The van der Waals surface area contributed by atoms with Gasteiger partial charge in [-0.3, -0.25) is 0 Å². The summed E-state index contributed by atoms with van der Waals surface area (Å²) in [5, 5.41) is 8.85. The lowest BCUT2D eigenvalue weighted by atomic mass is 10.1. The molecule has 0 aromatic carbocycles. The van der Waals surface area contributed by atoms with Crippen LogP contribution in [0.1, 0.15) is 25.3 Å². The van der Waals surface area contributed by atoms with Crippen molar-refractivity contribution in [3.05, 3.63) is 16.0 Å². The average Bonchev–Trinajstić information content (AvgIpc) is 2.66. The van der Waals surface area contributed by atoms with E-state index in [1.54, 1.807) is 13.0 Å². The van der Waals surface area contributed by atoms with E-state index in [-0.39, 0.29) is 16.7 Å². The van der Waals surface area contributed by atoms with E-state index in [0.717, 1.165) is 23.3 Å². The molecule has 1 heterocycles. The van der Waals surface area contributed by atoms with Crippen molar-refractivity contribution < 1.29 is 13.5 Å². The van der Waals surface area contributed by atoms with Gasteiger partial charge in [0.15, 0.2) is 0 Å². The van der Waals surface area contributed by atoms with Gasteiger partial charge in [0.1, 0.15) is 4.21 Å². The van der Waals surface area contributed by atoms with Gasteiger partial charge in [-0.1, -0.05) is 18.5 Å². The Hall–Kier alpha value is -0.140. The van der Waals surface area contributed by atoms with Gasteiger partial charge >= 0.3 is 0 Å². The first-order valence-corrected chi connectivity index (χ1v) is 8.41. The Morgan fingerprint density at radius 2 is 2.22 bits per heavy atom. The number of aliphatic hydroxyl groups excluding tert-OH is 1. The van der Waals surface area contributed by atoms with Crippen molar-refractivity contribution in [2.75, 3.05) is 13.2 Å². The number of nitrogens with one attached hydrogen (secondary N) is 1. The molecule has 104 valence electrons. The molecule has 2 N–H and O–H groups in total. The van der Waals surface area contributed by atoms with Gasteiger partial charge in [0.05, 0.1) is 4.34 Å². The molecule has 1 aromatic rings. The van der Waals surface area contributed by atoms with E-state index < -0.39 is 10.0 Å². The summed E-state index contributed by atoms with van der Waals surface area (Å²) in [6, 6.07) is 1.58. The lowest BCUT2D eigenvalue weighted by Gasteiger charge is -2.08. The highest BCUT2D eigenvalue weighted by atomic mass is 35.5. The zero-order valence-corrected chi connectivity index (χ0v) is 12.8. The largest absolute Gasteiger partial charge is 0.396 e. The molecule has 0 amide bonds. The molecule has 0 aliphatic rings. The van der Waals surface area contributed by atoms with Crippen LogP contribution in [0.5, 0.6) is 0 Å². The summed E-state index contributed by atoms with van der Waals surface area (Å²) in [6.45, 7) is 4.21. The van der Waals surface area contributed by atoms with Gasteiger partial charge in [-0.15, -0.1) is 11.3 Å². The summed E-state index contributed by atoms with van der Waals surface area (Å²) in [5.74, 6) is 0.202. The van der Waals surface area contributed by atoms with Crippen LogP contribution >= 0.6 is 22.9 Å². The van der Waals surface area contributed by atoms with Crippen LogP contribution in [0.25, 0.3) is 0 Å². The molecule has 7 heteroatoms. The fourth-order valence-electron chi connectivity index (χ4n) is 1.38. The van der Waals surface area contributed by atoms with Crippen LogP contribution in [0.4, 0.5) is 0 Å². The SMILES string of the molecule is Cc1cc(S(=O)(=O)NCCCC(C)CO)sc1Cl. The maximum atomic E-state index is 11.9. The highest BCUT2D eigenvalue weighted by Gasteiger charge is 2.17. The Balaban J connectivity index is 2.50. The quantitative estimate of drug-likeness (QED) is 0.760. The van der Waals surface area contributed by atoms with Crippen molar-refractivity contribution in [1.82, 2.24) is 4.72 Å². The first kappa shape index (κ1) is 15.9. The number of thiophene rings is 1.